The fraction of sp³-hybridized carbons (Fsp3) is 0.833. The van der Waals surface area contributed by atoms with Crippen LogP contribution in [0.25, 0.3) is 0 Å². The minimum atomic E-state index is -2.93. The summed E-state index contributed by atoms with van der Waals surface area (Å²) in [6.07, 6.45) is 8.42. The average Bonchev–Trinajstić information content (AvgIpc) is 2.61. The number of hydrogen-bond donors (Lipinski definition) is 0. The fourth-order valence-electron chi connectivity index (χ4n) is 3.55. The van der Waals surface area contributed by atoms with Crippen molar-refractivity contribution in [3.63, 3.8) is 0 Å². The molecule has 1 heterocycles. The van der Waals surface area contributed by atoms with E-state index in [0.717, 1.165) is 45.1 Å². The van der Waals surface area contributed by atoms with Gasteiger partial charge in [0, 0.05) is 30.7 Å². The molecule has 132 valence electrons. The Balaban J connectivity index is 2.04. The predicted molar refractivity (Wildman–Crippen MR) is 94.6 cm³/mol. The fourth-order valence-corrected chi connectivity index (χ4v) is 6.13. The topological polar surface area (TPSA) is 46.6 Å². The molecule has 1 saturated carbocycles. The molecule has 1 aliphatic carbocycles. The van der Waals surface area contributed by atoms with Crippen molar-refractivity contribution in [2.75, 3.05) is 6.54 Å². The number of carbonyl (C=O) groups excluding carboxylic acids is 1. The van der Waals surface area contributed by atoms with Crippen molar-refractivity contribution >= 4 is 13.3 Å². The van der Waals surface area contributed by atoms with Gasteiger partial charge >= 0.3 is 0 Å². The van der Waals surface area contributed by atoms with Crippen LogP contribution in [0.3, 0.4) is 0 Å². The molecule has 1 unspecified atom stereocenters. The minimum absolute atomic E-state index is 0.0311. The summed E-state index contributed by atoms with van der Waals surface area (Å²) in [6.45, 7) is 9.03. The molecule has 2 rings (SSSR count). The largest absolute Gasteiger partial charge is 0.311 e. The molecular formula is C18H32NO3P. The van der Waals surface area contributed by atoms with Crippen molar-refractivity contribution in [3.8, 4) is 0 Å². The maximum absolute atomic E-state index is 13.3. The average molecular weight is 341 g/mol. The number of carbonyl (C=O) groups is 1. The van der Waals surface area contributed by atoms with Gasteiger partial charge in [-0.25, -0.2) is 4.67 Å². The first kappa shape index (κ1) is 18.9. The van der Waals surface area contributed by atoms with Crippen LogP contribution in [0.4, 0.5) is 0 Å². The number of Topliss-reactive ketones (excluding diaryl/α,β-unsaturated/α-hetero) is 1. The summed E-state index contributed by atoms with van der Waals surface area (Å²) in [5, 5.41) is 0. The summed E-state index contributed by atoms with van der Waals surface area (Å²) < 4.78 is 21.2. The Kier molecular flexibility index (Phi) is 6.27. The van der Waals surface area contributed by atoms with Crippen LogP contribution < -0.4 is 0 Å². The summed E-state index contributed by atoms with van der Waals surface area (Å²) in [7, 11) is -2.93. The van der Waals surface area contributed by atoms with E-state index in [1.807, 2.05) is 17.7 Å². The molecule has 0 aromatic heterocycles. The Morgan fingerprint density at radius 2 is 2.04 bits per heavy atom. The molecular weight excluding hydrogens is 309 g/mol. The number of nitrogens with zero attached hydrogens (tertiary/aromatic N) is 1. The van der Waals surface area contributed by atoms with Crippen LogP contribution >= 0.6 is 7.52 Å². The summed E-state index contributed by atoms with van der Waals surface area (Å²) in [5.74, 6) is 2.58. The van der Waals surface area contributed by atoms with Crippen LogP contribution in [-0.4, -0.2) is 28.6 Å². The van der Waals surface area contributed by atoms with Gasteiger partial charge in [-0.3, -0.25) is 9.36 Å². The lowest BCUT2D eigenvalue weighted by atomic mass is 9.96. The van der Waals surface area contributed by atoms with Gasteiger partial charge in [-0.15, -0.1) is 0 Å². The lowest BCUT2D eigenvalue weighted by molar-refractivity contribution is -0.119. The molecule has 2 aliphatic rings. The van der Waals surface area contributed by atoms with Gasteiger partial charge in [0.25, 0.3) is 7.52 Å². The molecule has 1 saturated heterocycles. The van der Waals surface area contributed by atoms with E-state index in [1.54, 1.807) is 5.82 Å². The molecule has 0 N–H and O–H groups in total. The standard InChI is InChI=1S/C18H32NO3P/c1-15-11-12-19(18(2,3)4)23(21,22-15)13-7-9-16-8-5-6-10-17(20)14-16/h7,13,15-16H,5-6,8-12,14H2,1-4H3/b13-7+/t15-,16?,23+/m0/s1. The second-order valence-electron chi connectivity index (χ2n) is 8.04. The Bertz CT molecular complexity index is 495. The second kappa shape index (κ2) is 7.63. The summed E-state index contributed by atoms with van der Waals surface area (Å²) in [4.78, 5) is 11.7. The van der Waals surface area contributed by atoms with Crippen LogP contribution in [0.1, 0.15) is 72.6 Å². The molecule has 0 radical (unpaired) electrons. The predicted octanol–water partition coefficient (Wildman–Crippen LogP) is 5.14. The summed E-state index contributed by atoms with van der Waals surface area (Å²) in [5.41, 5.74) is -0.182. The zero-order chi connectivity index (χ0) is 17.1. The molecule has 3 atom stereocenters. The van der Waals surface area contributed by atoms with E-state index in [2.05, 4.69) is 20.8 Å². The monoisotopic (exact) mass is 341 g/mol. The van der Waals surface area contributed by atoms with E-state index in [4.69, 9.17) is 4.52 Å². The molecule has 0 aromatic rings. The lowest BCUT2D eigenvalue weighted by Crippen LogP contribution is -2.43. The highest BCUT2D eigenvalue weighted by molar-refractivity contribution is 7.59. The molecule has 0 aromatic carbocycles. The highest BCUT2D eigenvalue weighted by atomic mass is 31.2. The highest BCUT2D eigenvalue weighted by Gasteiger charge is 2.41. The maximum Gasteiger partial charge on any atom is 0.295 e. The maximum atomic E-state index is 13.3. The number of allylic oxidation sites excluding steroid dienone is 1. The van der Waals surface area contributed by atoms with Crippen molar-refractivity contribution in [1.82, 2.24) is 4.67 Å². The molecule has 4 nitrogen and oxygen atoms in total. The van der Waals surface area contributed by atoms with Crippen molar-refractivity contribution in [2.45, 2.75) is 84.3 Å². The van der Waals surface area contributed by atoms with Gasteiger partial charge in [0.1, 0.15) is 5.78 Å². The van der Waals surface area contributed by atoms with Crippen LogP contribution in [0.5, 0.6) is 0 Å². The third-order valence-electron chi connectivity index (χ3n) is 4.79. The second-order valence-corrected chi connectivity index (χ2v) is 10.2. The normalized spacial score (nSPS) is 34.7. The minimum Gasteiger partial charge on any atom is -0.311 e. The number of ketones is 1. The van der Waals surface area contributed by atoms with E-state index < -0.39 is 7.52 Å². The van der Waals surface area contributed by atoms with Crippen LogP contribution in [-0.2, 0) is 13.9 Å². The highest BCUT2D eigenvalue weighted by Crippen LogP contribution is 2.59. The van der Waals surface area contributed by atoms with Gasteiger partial charge in [0.15, 0.2) is 0 Å². The smallest absolute Gasteiger partial charge is 0.295 e. The first-order chi connectivity index (χ1) is 10.7. The van der Waals surface area contributed by atoms with Crippen LogP contribution in [0.15, 0.2) is 11.9 Å². The van der Waals surface area contributed by atoms with Gasteiger partial charge in [0.05, 0.1) is 6.10 Å². The van der Waals surface area contributed by atoms with Crippen molar-refractivity contribution < 1.29 is 13.9 Å². The molecule has 5 heteroatoms. The Morgan fingerprint density at radius 3 is 2.74 bits per heavy atom. The summed E-state index contributed by atoms with van der Waals surface area (Å²) in [6, 6.07) is 0. The van der Waals surface area contributed by atoms with E-state index in [9.17, 15) is 9.36 Å². The zero-order valence-corrected chi connectivity index (χ0v) is 16.0. The third-order valence-corrected chi connectivity index (χ3v) is 7.51. The van der Waals surface area contributed by atoms with E-state index in [1.165, 1.54) is 0 Å². The van der Waals surface area contributed by atoms with Gasteiger partial charge in [-0.2, -0.15) is 0 Å². The van der Waals surface area contributed by atoms with Gasteiger partial charge in [0.2, 0.25) is 0 Å². The number of hydrogen-bond acceptors (Lipinski definition) is 3. The van der Waals surface area contributed by atoms with E-state index in [-0.39, 0.29) is 11.6 Å². The lowest BCUT2D eigenvalue weighted by Gasteiger charge is -2.44. The molecule has 2 fully saturated rings. The third kappa shape index (κ3) is 5.27. The summed E-state index contributed by atoms with van der Waals surface area (Å²) >= 11 is 0. The molecule has 0 amide bonds. The van der Waals surface area contributed by atoms with Gasteiger partial charge < -0.3 is 4.52 Å². The Morgan fingerprint density at radius 1 is 1.30 bits per heavy atom. The molecule has 0 bridgehead atoms. The van der Waals surface area contributed by atoms with Crippen LogP contribution in [0, 0.1) is 5.92 Å². The van der Waals surface area contributed by atoms with E-state index in [0.29, 0.717) is 18.1 Å². The SMILES string of the molecule is C[C@H]1CCN(C(C)(C)C)[P@@](=O)(/C=C/CC2CCCCC(=O)C2)O1. The number of rotatable bonds is 3. The Hall–Kier alpha value is -0.440. The van der Waals surface area contributed by atoms with Crippen molar-refractivity contribution in [3.05, 3.63) is 11.9 Å². The molecule has 1 aliphatic heterocycles. The first-order valence-electron chi connectivity index (χ1n) is 8.96. The Labute approximate surface area is 141 Å². The van der Waals surface area contributed by atoms with Gasteiger partial charge in [-0.1, -0.05) is 12.5 Å². The van der Waals surface area contributed by atoms with Gasteiger partial charge in [-0.05, 0) is 59.3 Å². The van der Waals surface area contributed by atoms with Crippen molar-refractivity contribution in [2.24, 2.45) is 5.92 Å². The molecule has 0 spiro atoms. The molecule has 23 heavy (non-hydrogen) atoms. The zero-order valence-electron chi connectivity index (χ0n) is 15.1. The quantitative estimate of drug-likeness (QED) is 0.526. The van der Waals surface area contributed by atoms with Crippen molar-refractivity contribution in [1.29, 1.82) is 0 Å². The van der Waals surface area contributed by atoms with E-state index >= 15 is 0 Å². The van der Waals surface area contributed by atoms with Crippen LogP contribution in [0.2, 0.25) is 0 Å². The first-order valence-corrected chi connectivity index (χ1v) is 10.6.